The molecule has 3 nitrogen and oxygen atoms in total. The van der Waals surface area contributed by atoms with E-state index in [1.165, 1.54) is 23.9 Å². The second kappa shape index (κ2) is 4.67. The molecule has 0 fully saturated rings. The normalized spacial score (nSPS) is 10.7. The van der Waals surface area contributed by atoms with Gasteiger partial charge in [0, 0.05) is 18.1 Å². The fourth-order valence-electron chi connectivity index (χ4n) is 1.35. The van der Waals surface area contributed by atoms with Crippen LogP contribution in [0.2, 0.25) is 0 Å². The van der Waals surface area contributed by atoms with E-state index in [2.05, 4.69) is 5.10 Å². The molecule has 5 heteroatoms. The first-order valence-electron chi connectivity index (χ1n) is 4.75. The number of aliphatic hydroxyl groups is 1. The minimum Gasteiger partial charge on any atom is -0.392 e. The highest BCUT2D eigenvalue weighted by molar-refractivity contribution is 7.99. The van der Waals surface area contributed by atoms with Crippen molar-refractivity contribution in [3.63, 3.8) is 0 Å². The Kier molecular flexibility index (Phi) is 3.26. The van der Waals surface area contributed by atoms with Gasteiger partial charge in [-0.15, -0.1) is 0 Å². The molecule has 0 aliphatic rings. The number of aliphatic hydroxyl groups excluding tert-OH is 1. The lowest BCUT2D eigenvalue weighted by Crippen LogP contribution is -1.89. The molecule has 0 radical (unpaired) electrons. The van der Waals surface area contributed by atoms with E-state index in [9.17, 15) is 4.39 Å². The smallest absolute Gasteiger partial charge is 0.123 e. The summed E-state index contributed by atoms with van der Waals surface area (Å²) in [4.78, 5) is 1.81. The van der Waals surface area contributed by atoms with E-state index >= 15 is 0 Å². The Morgan fingerprint density at radius 1 is 1.50 bits per heavy atom. The van der Waals surface area contributed by atoms with Crippen molar-refractivity contribution in [2.75, 3.05) is 0 Å². The van der Waals surface area contributed by atoms with Gasteiger partial charge in [0.25, 0.3) is 0 Å². The van der Waals surface area contributed by atoms with Crippen LogP contribution in [0.4, 0.5) is 4.39 Å². The highest BCUT2D eigenvalue weighted by Crippen LogP contribution is 2.30. The Hall–Kier alpha value is -1.33. The van der Waals surface area contributed by atoms with Gasteiger partial charge in [0.1, 0.15) is 5.82 Å². The number of halogens is 1. The predicted octanol–water partition coefficient (Wildman–Crippen LogP) is 2.20. The van der Waals surface area contributed by atoms with Crippen LogP contribution in [0.15, 0.2) is 40.4 Å². The average Bonchev–Trinajstić information content (AvgIpc) is 2.67. The fraction of sp³-hybridized carbons (Fsp3) is 0.182. The van der Waals surface area contributed by atoms with Crippen LogP contribution in [0.5, 0.6) is 0 Å². The van der Waals surface area contributed by atoms with Gasteiger partial charge in [-0.2, -0.15) is 5.10 Å². The third kappa shape index (κ3) is 2.43. The van der Waals surface area contributed by atoms with Crippen LogP contribution in [-0.2, 0) is 13.7 Å². The minimum atomic E-state index is -0.334. The minimum absolute atomic E-state index is 0.166. The van der Waals surface area contributed by atoms with E-state index in [0.29, 0.717) is 5.56 Å². The Labute approximate surface area is 96.9 Å². The van der Waals surface area contributed by atoms with Gasteiger partial charge in [0.15, 0.2) is 0 Å². The molecular formula is C11H11FN2OS. The lowest BCUT2D eigenvalue weighted by atomic mass is 10.2. The van der Waals surface area contributed by atoms with Crippen molar-refractivity contribution in [3.05, 3.63) is 42.0 Å². The molecule has 0 saturated carbocycles. The van der Waals surface area contributed by atoms with Gasteiger partial charge in [-0.1, -0.05) is 11.8 Å². The molecule has 0 aliphatic heterocycles. The number of nitrogens with zero attached hydrogens (tertiary/aromatic N) is 2. The maximum atomic E-state index is 12.9. The van der Waals surface area contributed by atoms with Gasteiger partial charge in [-0.25, -0.2) is 4.39 Å². The highest BCUT2D eigenvalue weighted by Gasteiger charge is 2.06. The lowest BCUT2D eigenvalue weighted by Gasteiger charge is -2.05. The first kappa shape index (κ1) is 11.2. The topological polar surface area (TPSA) is 38.0 Å². The van der Waals surface area contributed by atoms with Gasteiger partial charge in [0.05, 0.1) is 17.7 Å². The molecule has 84 valence electrons. The second-order valence-electron chi connectivity index (χ2n) is 3.36. The molecule has 16 heavy (non-hydrogen) atoms. The lowest BCUT2D eigenvalue weighted by molar-refractivity contribution is 0.278. The van der Waals surface area contributed by atoms with Crippen molar-refractivity contribution in [2.45, 2.75) is 16.4 Å². The first-order valence-corrected chi connectivity index (χ1v) is 5.56. The first-order chi connectivity index (χ1) is 7.69. The van der Waals surface area contributed by atoms with E-state index < -0.39 is 0 Å². The number of hydrogen-bond acceptors (Lipinski definition) is 3. The van der Waals surface area contributed by atoms with Gasteiger partial charge < -0.3 is 5.11 Å². The summed E-state index contributed by atoms with van der Waals surface area (Å²) in [6.07, 6.45) is 3.60. The quantitative estimate of drug-likeness (QED) is 0.890. The number of hydrogen-bond donors (Lipinski definition) is 1. The Balaban J connectivity index is 2.27. The molecule has 1 aromatic carbocycles. The predicted molar refractivity (Wildman–Crippen MR) is 59.7 cm³/mol. The van der Waals surface area contributed by atoms with Crippen molar-refractivity contribution in [2.24, 2.45) is 7.05 Å². The molecule has 0 unspecified atom stereocenters. The van der Waals surface area contributed by atoms with Gasteiger partial charge in [-0.3, -0.25) is 4.68 Å². The van der Waals surface area contributed by atoms with Crippen molar-refractivity contribution >= 4 is 11.8 Å². The van der Waals surface area contributed by atoms with Crippen molar-refractivity contribution in [1.82, 2.24) is 9.78 Å². The average molecular weight is 238 g/mol. The Bertz CT molecular complexity index is 498. The standard InChI is InChI=1S/C11H11FN2OS/c1-14-6-10(5-13-14)16-11-3-2-9(12)4-8(11)7-15/h2-6,15H,7H2,1H3. The van der Waals surface area contributed by atoms with Crippen LogP contribution >= 0.6 is 11.8 Å². The number of aromatic nitrogens is 2. The van der Waals surface area contributed by atoms with E-state index in [0.717, 1.165) is 9.79 Å². The third-order valence-corrected chi connectivity index (χ3v) is 3.17. The molecule has 0 atom stereocenters. The van der Waals surface area contributed by atoms with Crippen LogP contribution in [0, 0.1) is 5.82 Å². The monoisotopic (exact) mass is 238 g/mol. The maximum absolute atomic E-state index is 12.9. The molecule has 0 amide bonds. The number of benzene rings is 1. The van der Waals surface area contributed by atoms with Crippen LogP contribution in [0.1, 0.15) is 5.56 Å². The fourth-order valence-corrected chi connectivity index (χ4v) is 2.30. The highest BCUT2D eigenvalue weighted by atomic mass is 32.2. The van der Waals surface area contributed by atoms with E-state index in [4.69, 9.17) is 5.11 Å². The molecule has 0 spiro atoms. The molecular weight excluding hydrogens is 227 g/mol. The summed E-state index contributed by atoms with van der Waals surface area (Å²) in [5.41, 5.74) is 0.592. The maximum Gasteiger partial charge on any atom is 0.123 e. The van der Waals surface area contributed by atoms with Crippen molar-refractivity contribution in [3.8, 4) is 0 Å². The van der Waals surface area contributed by atoms with E-state index in [1.807, 2.05) is 13.2 Å². The Morgan fingerprint density at radius 3 is 2.94 bits per heavy atom. The second-order valence-corrected chi connectivity index (χ2v) is 4.48. The van der Waals surface area contributed by atoms with Crippen molar-refractivity contribution < 1.29 is 9.50 Å². The third-order valence-electron chi connectivity index (χ3n) is 2.10. The summed E-state index contributed by atoms with van der Waals surface area (Å²) in [7, 11) is 1.83. The summed E-state index contributed by atoms with van der Waals surface area (Å²) in [5, 5.41) is 13.2. The molecule has 1 aromatic heterocycles. The number of aryl methyl sites for hydroxylation is 1. The molecule has 2 aromatic rings. The summed E-state index contributed by atoms with van der Waals surface area (Å²) >= 11 is 1.46. The summed E-state index contributed by atoms with van der Waals surface area (Å²) in [5.74, 6) is -0.334. The van der Waals surface area contributed by atoms with Crippen LogP contribution in [-0.4, -0.2) is 14.9 Å². The molecule has 1 N–H and O–H groups in total. The number of rotatable bonds is 3. The zero-order chi connectivity index (χ0) is 11.5. The SMILES string of the molecule is Cn1cc(Sc2ccc(F)cc2CO)cn1. The Morgan fingerprint density at radius 2 is 2.31 bits per heavy atom. The van der Waals surface area contributed by atoms with Crippen LogP contribution in [0.25, 0.3) is 0 Å². The molecule has 0 saturated heterocycles. The van der Waals surface area contributed by atoms with Gasteiger partial charge >= 0.3 is 0 Å². The van der Waals surface area contributed by atoms with Crippen LogP contribution < -0.4 is 0 Å². The van der Waals surface area contributed by atoms with Crippen molar-refractivity contribution in [1.29, 1.82) is 0 Å². The largest absolute Gasteiger partial charge is 0.392 e. The molecule has 1 heterocycles. The van der Waals surface area contributed by atoms with Crippen LogP contribution in [0.3, 0.4) is 0 Å². The molecule has 0 bridgehead atoms. The molecule has 0 aliphatic carbocycles. The van der Waals surface area contributed by atoms with Gasteiger partial charge in [0.2, 0.25) is 0 Å². The van der Waals surface area contributed by atoms with E-state index in [-0.39, 0.29) is 12.4 Å². The van der Waals surface area contributed by atoms with Gasteiger partial charge in [-0.05, 0) is 23.8 Å². The summed E-state index contributed by atoms with van der Waals surface area (Å²) < 4.78 is 14.6. The summed E-state index contributed by atoms with van der Waals surface area (Å²) in [6.45, 7) is -0.166. The summed E-state index contributed by atoms with van der Waals surface area (Å²) in [6, 6.07) is 4.40. The van der Waals surface area contributed by atoms with E-state index in [1.54, 1.807) is 16.9 Å². The zero-order valence-electron chi connectivity index (χ0n) is 8.72. The molecule has 2 rings (SSSR count). The zero-order valence-corrected chi connectivity index (χ0v) is 9.54.